The zero-order valence-corrected chi connectivity index (χ0v) is 14.4. The molecule has 3 amide bonds. The molecule has 24 heavy (non-hydrogen) atoms. The Labute approximate surface area is 144 Å². The van der Waals surface area contributed by atoms with Gasteiger partial charge >= 0.3 is 5.97 Å². The fraction of sp³-hybridized carbons (Fsp3) is 0.714. The van der Waals surface area contributed by atoms with Gasteiger partial charge in [-0.05, 0) is 37.8 Å². The summed E-state index contributed by atoms with van der Waals surface area (Å²) in [7, 11) is 0. The predicted octanol–water partition coefficient (Wildman–Crippen LogP) is -1.58. The predicted molar refractivity (Wildman–Crippen MR) is 89.3 cm³/mol. The van der Waals surface area contributed by atoms with Gasteiger partial charge in [0.05, 0.1) is 12.5 Å². The van der Waals surface area contributed by atoms with E-state index >= 15 is 0 Å². The summed E-state index contributed by atoms with van der Waals surface area (Å²) in [6.45, 7) is 0.749. The van der Waals surface area contributed by atoms with Gasteiger partial charge in [-0.2, -0.15) is 11.8 Å². The van der Waals surface area contributed by atoms with Crippen molar-refractivity contribution < 1.29 is 24.3 Å². The van der Waals surface area contributed by atoms with Crippen LogP contribution in [0.15, 0.2) is 0 Å². The van der Waals surface area contributed by atoms with E-state index in [1.165, 1.54) is 11.8 Å². The molecule has 136 valence electrons. The van der Waals surface area contributed by atoms with Crippen LogP contribution in [0.1, 0.15) is 25.7 Å². The van der Waals surface area contributed by atoms with E-state index in [9.17, 15) is 19.2 Å². The van der Waals surface area contributed by atoms with Crippen molar-refractivity contribution in [3.63, 3.8) is 0 Å². The molecule has 1 heterocycles. The number of amides is 3. The van der Waals surface area contributed by atoms with E-state index in [2.05, 4.69) is 16.0 Å². The number of carboxylic acids is 1. The van der Waals surface area contributed by atoms with Crippen LogP contribution >= 0.6 is 11.8 Å². The fourth-order valence-corrected chi connectivity index (χ4v) is 2.83. The Bertz CT molecular complexity index is 482. The summed E-state index contributed by atoms with van der Waals surface area (Å²) in [5.74, 6) is -2.49. The maximum atomic E-state index is 12.3. The Kier molecular flexibility index (Phi) is 8.55. The van der Waals surface area contributed by atoms with Gasteiger partial charge in [0, 0.05) is 0 Å². The number of carbonyl (C=O) groups is 4. The number of primary amides is 1. The highest BCUT2D eigenvalue weighted by molar-refractivity contribution is 7.98. The molecule has 0 aromatic rings. The Morgan fingerprint density at radius 2 is 2.00 bits per heavy atom. The molecule has 1 fully saturated rings. The first-order chi connectivity index (χ1) is 11.3. The lowest BCUT2D eigenvalue weighted by molar-refractivity contribution is -0.143. The first-order valence-corrected chi connectivity index (χ1v) is 9.08. The van der Waals surface area contributed by atoms with Crippen molar-refractivity contribution in [2.45, 2.75) is 43.8 Å². The van der Waals surface area contributed by atoms with Gasteiger partial charge < -0.3 is 26.8 Å². The van der Waals surface area contributed by atoms with Crippen LogP contribution in [0.4, 0.5) is 0 Å². The second-order valence-corrected chi connectivity index (χ2v) is 6.55. The largest absolute Gasteiger partial charge is 0.480 e. The minimum atomic E-state index is -1.41. The van der Waals surface area contributed by atoms with E-state index < -0.39 is 36.3 Å². The zero-order valence-electron chi connectivity index (χ0n) is 13.5. The minimum absolute atomic E-state index is 0.282. The number of carbonyl (C=O) groups excluding carboxylic acids is 3. The third-order valence-corrected chi connectivity index (χ3v) is 4.28. The number of rotatable bonds is 10. The van der Waals surface area contributed by atoms with E-state index in [0.29, 0.717) is 18.6 Å². The molecule has 1 rings (SSSR count). The molecule has 0 bridgehead atoms. The Hall–Kier alpha value is -1.81. The highest BCUT2D eigenvalue weighted by Gasteiger charge is 2.30. The zero-order chi connectivity index (χ0) is 18.1. The van der Waals surface area contributed by atoms with Gasteiger partial charge in [-0.15, -0.1) is 0 Å². The number of aliphatic carboxylic acids is 1. The van der Waals surface area contributed by atoms with Gasteiger partial charge in [-0.1, -0.05) is 0 Å². The number of nitrogens with two attached hydrogens (primary N) is 1. The first-order valence-electron chi connectivity index (χ1n) is 7.69. The van der Waals surface area contributed by atoms with Crippen LogP contribution in [-0.4, -0.2) is 65.5 Å². The maximum absolute atomic E-state index is 12.3. The second kappa shape index (κ2) is 10.1. The Balaban J connectivity index is 2.69. The van der Waals surface area contributed by atoms with Crippen LogP contribution in [0, 0.1) is 0 Å². The summed E-state index contributed by atoms with van der Waals surface area (Å²) >= 11 is 1.51. The van der Waals surface area contributed by atoms with E-state index in [0.717, 1.165) is 13.0 Å². The molecule has 0 aromatic heterocycles. The fourth-order valence-electron chi connectivity index (χ4n) is 2.36. The van der Waals surface area contributed by atoms with Crippen LogP contribution in [0.3, 0.4) is 0 Å². The molecule has 1 saturated heterocycles. The quantitative estimate of drug-likeness (QED) is 0.315. The average Bonchev–Trinajstić information content (AvgIpc) is 3.04. The van der Waals surface area contributed by atoms with Crippen LogP contribution < -0.4 is 21.7 Å². The number of hydrogen-bond donors (Lipinski definition) is 5. The van der Waals surface area contributed by atoms with Crippen molar-refractivity contribution in [1.82, 2.24) is 16.0 Å². The number of hydrogen-bond acceptors (Lipinski definition) is 6. The normalized spacial score (nSPS) is 19.3. The van der Waals surface area contributed by atoms with Crippen LogP contribution in [0.2, 0.25) is 0 Å². The standard InChI is InChI=1S/C14H24N4O5S/c1-24-6-4-9(17-12(20)8-3-2-5-16-8)13(21)18-10(14(22)23)7-11(15)19/h8-10,16H,2-7H2,1H3,(H2,15,19)(H,17,20)(H,18,21)(H,22,23). The summed E-state index contributed by atoms with van der Waals surface area (Å²) in [6, 6.07) is -2.61. The van der Waals surface area contributed by atoms with Crippen molar-refractivity contribution in [2.75, 3.05) is 18.6 Å². The topological polar surface area (TPSA) is 151 Å². The summed E-state index contributed by atoms with van der Waals surface area (Å²) in [5, 5.41) is 17.0. The lowest BCUT2D eigenvalue weighted by atomic mass is 10.1. The average molecular weight is 360 g/mol. The molecule has 10 heteroatoms. The lowest BCUT2D eigenvalue weighted by Gasteiger charge is -2.22. The molecule has 0 spiro atoms. The number of thioether (sulfide) groups is 1. The van der Waals surface area contributed by atoms with Crippen LogP contribution in [-0.2, 0) is 19.2 Å². The van der Waals surface area contributed by atoms with Gasteiger partial charge in [-0.25, -0.2) is 4.79 Å². The van der Waals surface area contributed by atoms with Crippen molar-refractivity contribution in [2.24, 2.45) is 5.73 Å². The van der Waals surface area contributed by atoms with Crippen molar-refractivity contribution >= 4 is 35.5 Å². The first kappa shape index (κ1) is 20.2. The second-order valence-electron chi connectivity index (χ2n) is 5.56. The van der Waals surface area contributed by atoms with Gasteiger partial charge in [0.25, 0.3) is 0 Å². The van der Waals surface area contributed by atoms with Gasteiger partial charge in [0.2, 0.25) is 17.7 Å². The monoisotopic (exact) mass is 360 g/mol. The summed E-state index contributed by atoms with van der Waals surface area (Å²) in [5.41, 5.74) is 4.99. The third-order valence-electron chi connectivity index (χ3n) is 3.64. The molecule has 0 aliphatic carbocycles. The minimum Gasteiger partial charge on any atom is -0.480 e. The molecule has 0 aromatic carbocycles. The van der Waals surface area contributed by atoms with Gasteiger partial charge in [0.15, 0.2) is 0 Å². The van der Waals surface area contributed by atoms with Crippen molar-refractivity contribution in [1.29, 1.82) is 0 Å². The number of nitrogens with one attached hydrogen (secondary N) is 3. The summed E-state index contributed by atoms with van der Waals surface area (Å²) in [6.07, 6.45) is 3.30. The number of carboxylic acid groups (broad SMARTS) is 1. The van der Waals surface area contributed by atoms with Crippen LogP contribution in [0.25, 0.3) is 0 Å². The smallest absolute Gasteiger partial charge is 0.326 e. The van der Waals surface area contributed by atoms with Crippen molar-refractivity contribution in [3.8, 4) is 0 Å². The van der Waals surface area contributed by atoms with Crippen LogP contribution in [0.5, 0.6) is 0 Å². The third kappa shape index (κ3) is 6.75. The molecule has 0 saturated carbocycles. The Morgan fingerprint density at radius 3 is 2.50 bits per heavy atom. The molecule has 0 radical (unpaired) electrons. The molecule has 1 aliphatic heterocycles. The molecule has 6 N–H and O–H groups in total. The highest BCUT2D eigenvalue weighted by atomic mass is 32.2. The molecular weight excluding hydrogens is 336 g/mol. The maximum Gasteiger partial charge on any atom is 0.326 e. The molecule has 9 nitrogen and oxygen atoms in total. The highest BCUT2D eigenvalue weighted by Crippen LogP contribution is 2.07. The van der Waals surface area contributed by atoms with E-state index in [1.807, 2.05) is 6.26 Å². The van der Waals surface area contributed by atoms with Crippen molar-refractivity contribution in [3.05, 3.63) is 0 Å². The Morgan fingerprint density at radius 1 is 1.29 bits per heavy atom. The SMILES string of the molecule is CSCCC(NC(=O)C1CCCN1)C(=O)NC(CC(N)=O)C(=O)O. The van der Waals surface area contributed by atoms with E-state index in [1.54, 1.807) is 0 Å². The molecule has 1 aliphatic rings. The van der Waals surface area contributed by atoms with E-state index in [-0.39, 0.29) is 11.9 Å². The molecule has 3 unspecified atom stereocenters. The lowest BCUT2D eigenvalue weighted by Crippen LogP contribution is -2.55. The summed E-state index contributed by atoms with van der Waals surface area (Å²) < 4.78 is 0. The van der Waals surface area contributed by atoms with Gasteiger partial charge in [-0.3, -0.25) is 14.4 Å². The molecule has 3 atom stereocenters. The van der Waals surface area contributed by atoms with E-state index in [4.69, 9.17) is 10.8 Å². The van der Waals surface area contributed by atoms with Gasteiger partial charge in [0.1, 0.15) is 12.1 Å². The molecular formula is C14H24N4O5S. The summed E-state index contributed by atoms with van der Waals surface area (Å²) in [4.78, 5) is 46.5.